The lowest BCUT2D eigenvalue weighted by Gasteiger charge is -2.29. The highest BCUT2D eigenvalue weighted by atomic mass is 32.2. The maximum absolute atomic E-state index is 11.8. The number of hydrogen-bond donors (Lipinski definition) is 0. The Bertz CT molecular complexity index is 598. The molecule has 0 aromatic heterocycles. The van der Waals surface area contributed by atoms with Crippen molar-refractivity contribution in [3.63, 3.8) is 0 Å². The molecule has 6 heteroatoms. The Morgan fingerprint density at radius 3 is 2.70 bits per heavy atom. The second-order valence-electron chi connectivity index (χ2n) is 4.75. The van der Waals surface area contributed by atoms with Crippen molar-refractivity contribution >= 4 is 34.5 Å². The minimum absolute atomic E-state index is 0.0601. The molecule has 0 saturated carbocycles. The maximum atomic E-state index is 11.8. The fourth-order valence-corrected chi connectivity index (χ4v) is 2.78. The van der Waals surface area contributed by atoms with E-state index in [9.17, 15) is 14.7 Å². The first kappa shape index (κ1) is 14.6. The van der Waals surface area contributed by atoms with Gasteiger partial charge < -0.3 is 9.90 Å². The molecule has 0 N–H and O–H groups in total. The van der Waals surface area contributed by atoms with E-state index < -0.39 is 11.2 Å². The molecule has 1 aliphatic rings. The van der Waals surface area contributed by atoms with E-state index in [1.54, 1.807) is 7.05 Å². The van der Waals surface area contributed by atoms with Crippen molar-refractivity contribution in [2.75, 3.05) is 7.05 Å². The van der Waals surface area contributed by atoms with Gasteiger partial charge in [0.05, 0.1) is 16.9 Å². The molecular formula is C14H15N2O3S-. The Labute approximate surface area is 121 Å². The van der Waals surface area contributed by atoms with E-state index in [0.29, 0.717) is 10.9 Å². The predicted octanol–water partition coefficient (Wildman–Crippen LogP) is 1.00. The monoisotopic (exact) mass is 291 g/mol. The first-order chi connectivity index (χ1) is 9.38. The average molecular weight is 291 g/mol. The number of carbonyl (C=O) groups excluding carboxylic acids is 2. The maximum Gasteiger partial charge on any atom is 0.229 e. The summed E-state index contributed by atoms with van der Waals surface area (Å²) < 4.78 is 0. The van der Waals surface area contributed by atoms with E-state index in [1.165, 1.54) is 4.90 Å². The molecule has 1 amide bonds. The topological polar surface area (TPSA) is 72.8 Å². The summed E-state index contributed by atoms with van der Waals surface area (Å²) in [6.45, 7) is 3.98. The lowest BCUT2D eigenvalue weighted by atomic mass is 10.1. The van der Waals surface area contributed by atoms with Gasteiger partial charge in [0.2, 0.25) is 5.91 Å². The van der Waals surface area contributed by atoms with Crippen LogP contribution in [0, 0.1) is 13.8 Å². The fraction of sp³-hybridized carbons (Fsp3) is 0.357. The van der Waals surface area contributed by atoms with Crippen molar-refractivity contribution < 1.29 is 14.7 Å². The van der Waals surface area contributed by atoms with Crippen molar-refractivity contribution in [3.05, 3.63) is 29.3 Å². The van der Waals surface area contributed by atoms with Gasteiger partial charge in [-0.05, 0) is 37.1 Å². The van der Waals surface area contributed by atoms with E-state index in [4.69, 9.17) is 0 Å². The highest BCUT2D eigenvalue weighted by molar-refractivity contribution is 8.15. The number of benzene rings is 1. The molecule has 1 fully saturated rings. The molecule has 2 rings (SSSR count). The molecule has 1 atom stereocenters. The highest BCUT2D eigenvalue weighted by Gasteiger charge is 2.30. The van der Waals surface area contributed by atoms with Gasteiger partial charge in [-0.25, -0.2) is 4.99 Å². The quantitative estimate of drug-likeness (QED) is 0.815. The average Bonchev–Trinajstić information content (AvgIpc) is 2.38. The number of thioether (sulfide) groups is 1. The Morgan fingerprint density at radius 1 is 1.40 bits per heavy atom. The van der Waals surface area contributed by atoms with Crippen molar-refractivity contribution in [2.45, 2.75) is 25.5 Å². The molecule has 1 saturated heterocycles. The number of aryl methyl sites for hydroxylation is 2. The summed E-state index contributed by atoms with van der Waals surface area (Å²) in [5.41, 5.74) is 2.95. The van der Waals surface area contributed by atoms with Gasteiger partial charge in [0, 0.05) is 13.5 Å². The smallest absolute Gasteiger partial charge is 0.229 e. The molecule has 0 bridgehead atoms. The molecule has 5 nitrogen and oxygen atoms in total. The number of hydrogen-bond acceptors (Lipinski definition) is 5. The van der Waals surface area contributed by atoms with E-state index >= 15 is 0 Å². The van der Waals surface area contributed by atoms with Crippen LogP contribution in [-0.2, 0) is 9.59 Å². The lowest BCUT2D eigenvalue weighted by Crippen LogP contribution is -2.45. The zero-order valence-electron chi connectivity index (χ0n) is 11.5. The first-order valence-corrected chi connectivity index (χ1v) is 7.06. The standard InChI is InChI=1S/C14H16N2O3S/c1-8-4-5-10(6-9(8)2)15-14-16(3)12(17)7-11(20-14)13(18)19/h4-6,11H,7H2,1-3H3,(H,18,19)/p-1/t11-/m0/s1. The molecule has 1 heterocycles. The van der Waals surface area contributed by atoms with Crippen LogP contribution in [0.2, 0.25) is 0 Å². The van der Waals surface area contributed by atoms with Gasteiger partial charge in [0.15, 0.2) is 5.17 Å². The number of carbonyl (C=O) groups is 2. The number of rotatable bonds is 2. The molecule has 0 aliphatic carbocycles. The van der Waals surface area contributed by atoms with Crippen LogP contribution < -0.4 is 5.11 Å². The van der Waals surface area contributed by atoms with Crippen molar-refractivity contribution in [3.8, 4) is 0 Å². The fourth-order valence-electron chi connectivity index (χ4n) is 1.79. The Kier molecular flexibility index (Phi) is 4.13. The Hall–Kier alpha value is -1.82. The van der Waals surface area contributed by atoms with Gasteiger partial charge >= 0.3 is 0 Å². The number of amides is 1. The van der Waals surface area contributed by atoms with Crippen LogP contribution in [-0.4, -0.2) is 34.2 Å². The summed E-state index contributed by atoms with van der Waals surface area (Å²) in [5.74, 6) is -1.50. The number of aliphatic carboxylic acids is 1. The van der Waals surface area contributed by atoms with E-state index in [1.807, 2.05) is 32.0 Å². The Balaban J connectivity index is 2.32. The lowest BCUT2D eigenvalue weighted by molar-refractivity contribution is -0.304. The van der Waals surface area contributed by atoms with Gasteiger partial charge in [-0.2, -0.15) is 0 Å². The minimum atomic E-state index is -1.23. The van der Waals surface area contributed by atoms with Crippen LogP contribution in [0.5, 0.6) is 0 Å². The van der Waals surface area contributed by atoms with E-state index in [2.05, 4.69) is 4.99 Å². The number of aliphatic imine (C=N–C) groups is 1. The number of carboxylic acids is 1. The van der Waals surface area contributed by atoms with Crippen LogP contribution in [0.15, 0.2) is 23.2 Å². The van der Waals surface area contributed by atoms with Gasteiger partial charge in [-0.1, -0.05) is 17.8 Å². The van der Waals surface area contributed by atoms with Gasteiger partial charge in [0.1, 0.15) is 0 Å². The zero-order chi connectivity index (χ0) is 14.9. The van der Waals surface area contributed by atoms with Crippen LogP contribution in [0.1, 0.15) is 17.5 Å². The summed E-state index contributed by atoms with van der Waals surface area (Å²) in [6.07, 6.45) is -0.0601. The second kappa shape index (κ2) is 5.66. The number of nitrogens with zero attached hydrogens (tertiary/aromatic N) is 2. The first-order valence-electron chi connectivity index (χ1n) is 6.18. The number of carboxylic acid groups (broad SMARTS) is 1. The summed E-state index contributed by atoms with van der Waals surface area (Å²) in [4.78, 5) is 28.5. The van der Waals surface area contributed by atoms with Crippen LogP contribution >= 0.6 is 11.8 Å². The molecule has 106 valence electrons. The van der Waals surface area contributed by atoms with E-state index in [0.717, 1.165) is 22.9 Å². The summed E-state index contributed by atoms with van der Waals surface area (Å²) in [7, 11) is 1.60. The normalized spacial score (nSPS) is 21.4. The third-order valence-corrected chi connectivity index (χ3v) is 4.47. The van der Waals surface area contributed by atoms with Gasteiger partial charge in [0.25, 0.3) is 0 Å². The predicted molar refractivity (Wildman–Crippen MR) is 76.8 cm³/mol. The highest BCUT2D eigenvalue weighted by Crippen LogP contribution is 2.28. The third-order valence-electron chi connectivity index (χ3n) is 3.25. The molecule has 1 aromatic rings. The summed E-state index contributed by atoms with van der Waals surface area (Å²) in [6, 6.07) is 5.70. The SMILES string of the molecule is Cc1ccc(N=C2S[C@H](C(=O)[O-])CC(=O)N2C)cc1C. The molecule has 0 radical (unpaired) electrons. The van der Waals surface area contributed by atoms with Crippen LogP contribution in [0.3, 0.4) is 0 Å². The Morgan fingerprint density at radius 2 is 2.10 bits per heavy atom. The molecule has 0 spiro atoms. The van der Waals surface area contributed by atoms with E-state index in [-0.39, 0.29) is 12.3 Å². The number of amidine groups is 1. The van der Waals surface area contributed by atoms with Crippen molar-refractivity contribution in [2.24, 2.45) is 4.99 Å². The van der Waals surface area contributed by atoms with Crippen LogP contribution in [0.4, 0.5) is 5.69 Å². The van der Waals surface area contributed by atoms with Crippen molar-refractivity contribution in [1.29, 1.82) is 0 Å². The van der Waals surface area contributed by atoms with Crippen LogP contribution in [0.25, 0.3) is 0 Å². The largest absolute Gasteiger partial charge is 0.549 e. The summed E-state index contributed by atoms with van der Waals surface area (Å²) >= 11 is 1.05. The van der Waals surface area contributed by atoms with Gasteiger partial charge in [-0.15, -0.1) is 0 Å². The van der Waals surface area contributed by atoms with Gasteiger partial charge in [-0.3, -0.25) is 9.69 Å². The minimum Gasteiger partial charge on any atom is -0.549 e. The molecule has 0 unspecified atom stereocenters. The third kappa shape index (κ3) is 3.01. The molecule has 1 aromatic carbocycles. The molecular weight excluding hydrogens is 276 g/mol. The summed E-state index contributed by atoms with van der Waals surface area (Å²) in [5, 5.41) is 10.5. The molecule has 20 heavy (non-hydrogen) atoms. The zero-order valence-corrected chi connectivity index (χ0v) is 12.4. The molecule has 1 aliphatic heterocycles. The van der Waals surface area contributed by atoms with Crippen molar-refractivity contribution in [1.82, 2.24) is 4.90 Å². The second-order valence-corrected chi connectivity index (χ2v) is 5.92.